The Bertz CT molecular complexity index is 505. The molecule has 2 aromatic heterocycles. The molecule has 0 saturated heterocycles. The summed E-state index contributed by atoms with van der Waals surface area (Å²) in [4.78, 5) is 12.2. The highest BCUT2D eigenvalue weighted by molar-refractivity contribution is 6.28. The van der Waals surface area contributed by atoms with Gasteiger partial charge in [-0.3, -0.25) is 0 Å². The smallest absolute Gasteiger partial charge is 0.224 e. The summed E-state index contributed by atoms with van der Waals surface area (Å²) in [5.74, 6) is 2.17. The van der Waals surface area contributed by atoms with Gasteiger partial charge in [-0.1, -0.05) is 0 Å². The normalized spacial score (nSPS) is 10.7. The van der Waals surface area contributed by atoms with Gasteiger partial charge in [0, 0.05) is 11.8 Å². The van der Waals surface area contributed by atoms with Crippen molar-refractivity contribution in [2.24, 2.45) is 0 Å². The number of aryl methyl sites for hydroxylation is 3. The predicted octanol–water partition coefficient (Wildman–Crippen LogP) is 1.64. The minimum absolute atomic E-state index is 0.211. The molecule has 15 heavy (non-hydrogen) atoms. The molecule has 5 nitrogen and oxygen atoms in total. The van der Waals surface area contributed by atoms with E-state index in [9.17, 15) is 0 Å². The Hall–Kier alpha value is -1.49. The molecular formula is C9H10ClN5. The lowest BCUT2D eigenvalue weighted by Crippen LogP contribution is -2.05. The maximum Gasteiger partial charge on any atom is 0.224 e. The topological polar surface area (TPSA) is 56.5 Å². The Kier molecular flexibility index (Phi) is 2.40. The van der Waals surface area contributed by atoms with E-state index >= 15 is 0 Å². The third-order valence-corrected chi connectivity index (χ3v) is 2.17. The predicted molar refractivity (Wildman–Crippen MR) is 56.2 cm³/mol. The Morgan fingerprint density at radius 2 is 1.93 bits per heavy atom. The van der Waals surface area contributed by atoms with Gasteiger partial charge in [0.15, 0.2) is 5.82 Å². The Morgan fingerprint density at radius 1 is 1.20 bits per heavy atom. The quantitative estimate of drug-likeness (QED) is 0.690. The molecule has 0 N–H and O–H groups in total. The van der Waals surface area contributed by atoms with E-state index < -0.39 is 0 Å². The molecule has 2 rings (SSSR count). The molecule has 0 unspecified atom stereocenters. The average Bonchev–Trinajstić information content (AvgIpc) is 2.50. The summed E-state index contributed by atoms with van der Waals surface area (Å²) in [5.41, 5.74) is 0.910. The molecule has 0 saturated carbocycles. The van der Waals surface area contributed by atoms with Crippen LogP contribution in [0.25, 0.3) is 5.82 Å². The van der Waals surface area contributed by atoms with Gasteiger partial charge in [0.05, 0.1) is 0 Å². The minimum Gasteiger partial charge on any atom is -0.226 e. The standard InChI is InChI=1S/C9H10ClN5/c1-5-4-11-9(10)13-8(5)15-7(3)12-6(2)14-15/h4H,1-3H3. The van der Waals surface area contributed by atoms with Gasteiger partial charge in [0.2, 0.25) is 5.28 Å². The number of rotatable bonds is 1. The van der Waals surface area contributed by atoms with Crippen LogP contribution in [-0.2, 0) is 0 Å². The molecule has 0 fully saturated rings. The summed E-state index contributed by atoms with van der Waals surface area (Å²) < 4.78 is 1.66. The maximum absolute atomic E-state index is 5.74. The molecule has 0 aliphatic rings. The van der Waals surface area contributed by atoms with E-state index in [1.54, 1.807) is 10.9 Å². The fourth-order valence-electron chi connectivity index (χ4n) is 1.35. The van der Waals surface area contributed by atoms with Gasteiger partial charge in [0.25, 0.3) is 0 Å². The van der Waals surface area contributed by atoms with Crippen molar-refractivity contribution in [1.29, 1.82) is 0 Å². The summed E-state index contributed by atoms with van der Waals surface area (Å²) in [6.07, 6.45) is 1.67. The van der Waals surface area contributed by atoms with E-state index in [1.807, 2.05) is 20.8 Å². The summed E-state index contributed by atoms with van der Waals surface area (Å²) in [6.45, 7) is 5.61. The highest BCUT2D eigenvalue weighted by Crippen LogP contribution is 2.13. The monoisotopic (exact) mass is 223 g/mol. The van der Waals surface area contributed by atoms with Crippen LogP contribution in [-0.4, -0.2) is 24.7 Å². The SMILES string of the molecule is Cc1nc(C)n(-c2nc(Cl)ncc2C)n1. The van der Waals surface area contributed by atoms with Crippen LogP contribution in [0, 0.1) is 20.8 Å². The van der Waals surface area contributed by atoms with Gasteiger partial charge in [-0.25, -0.2) is 9.97 Å². The lowest BCUT2D eigenvalue weighted by Gasteiger charge is -2.04. The van der Waals surface area contributed by atoms with E-state index in [1.165, 1.54) is 0 Å². The molecule has 0 aromatic carbocycles. The van der Waals surface area contributed by atoms with Crippen molar-refractivity contribution >= 4 is 11.6 Å². The first-order valence-electron chi connectivity index (χ1n) is 4.47. The molecule has 0 spiro atoms. The van der Waals surface area contributed by atoms with Crippen LogP contribution in [0.1, 0.15) is 17.2 Å². The van der Waals surface area contributed by atoms with Gasteiger partial charge in [-0.05, 0) is 32.4 Å². The van der Waals surface area contributed by atoms with Gasteiger partial charge in [-0.15, -0.1) is 5.10 Å². The molecule has 6 heteroatoms. The Labute approximate surface area is 92.2 Å². The fourth-order valence-corrected chi connectivity index (χ4v) is 1.48. The van der Waals surface area contributed by atoms with Gasteiger partial charge in [0.1, 0.15) is 11.6 Å². The van der Waals surface area contributed by atoms with Gasteiger partial charge >= 0.3 is 0 Å². The molecular weight excluding hydrogens is 214 g/mol. The largest absolute Gasteiger partial charge is 0.226 e. The van der Waals surface area contributed by atoms with E-state index in [4.69, 9.17) is 11.6 Å². The van der Waals surface area contributed by atoms with E-state index in [2.05, 4.69) is 20.1 Å². The van der Waals surface area contributed by atoms with Crippen molar-refractivity contribution in [2.45, 2.75) is 20.8 Å². The Balaban J connectivity index is 2.62. The van der Waals surface area contributed by atoms with Crippen molar-refractivity contribution < 1.29 is 0 Å². The summed E-state index contributed by atoms with van der Waals surface area (Å²) in [6, 6.07) is 0. The first kappa shape index (κ1) is 10.0. The lowest BCUT2D eigenvalue weighted by molar-refractivity contribution is 0.790. The zero-order chi connectivity index (χ0) is 11.0. The van der Waals surface area contributed by atoms with Crippen molar-refractivity contribution in [3.8, 4) is 5.82 Å². The number of halogens is 1. The molecule has 0 aliphatic heterocycles. The number of nitrogens with zero attached hydrogens (tertiary/aromatic N) is 5. The van der Waals surface area contributed by atoms with Crippen LogP contribution in [0.15, 0.2) is 6.20 Å². The zero-order valence-electron chi connectivity index (χ0n) is 8.69. The second kappa shape index (κ2) is 3.58. The van der Waals surface area contributed by atoms with Crippen LogP contribution in [0.5, 0.6) is 0 Å². The second-order valence-corrected chi connectivity index (χ2v) is 3.60. The Morgan fingerprint density at radius 3 is 2.53 bits per heavy atom. The van der Waals surface area contributed by atoms with E-state index in [0.717, 1.165) is 11.4 Å². The summed E-state index contributed by atoms with van der Waals surface area (Å²) >= 11 is 5.74. The summed E-state index contributed by atoms with van der Waals surface area (Å²) in [7, 11) is 0. The van der Waals surface area contributed by atoms with Gasteiger partial charge in [-0.2, -0.15) is 9.67 Å². The van der Waals surface area contributed by atoms with Crippen molar-refractivity contribution in [2.75, 3.05) is 0 Å². The average molecular weight is 224 g/mol. The van der Waals surface area contributed by atoms with Crippen LogP contribution >= 0.6 is 11.6 Å². The van der Waals surface area contributed by atoms with E-state index in [0.29, 0.717) is 11.6 Å². The first-order chi connectivity index (χ1) is 7.08. The van der Waals surface area contributed by atoms with Crippen molar-refractivity contribution in [3.05, 3.63) is 28.7 Å². The highest BCUT2D eigenvalue weighted by atomic mass is 35.5. The molecule has 2 heterocycles. The first-order valence-corrected chi connectivity index (χ1v) is 4.85. The van der Waals surface area contributed by atoms with Crippen molar-refractivity contribution in [1.82, 2.24) is 24.7 Å². The number of hydrogen-bond donors (Lipinski definition) is 0. The molecule has 0 radical (unpaired) electrons. The fraction of sp³-hybridized carbons (Fsp3) is 0.333. The second-order valence-electron chi connectivity index (χ2n) is 3.26. The van der Waals surface area contributed by atoms with Crippen LogP contribution in [0.4, 0.5) is 0 Å². The molecule has 0 bridgehead atoms. The lowest BCUT2D eigenvalue weighted by atomic mass is 10.3. The van der Waals surface area contributed by atoms with Crippen LogP contribution in [0.2, 0.25) is 5.28 Å². The zero-order valence-corrected chi connectivity index (χ0v) is 9.45. The number of hydrogen-bond acceptors (Lipinski definition) is 4. The van der Waals surface area contributed by atoms with Gasteiger partial charge < -0.3 is 0 Å². The third kappa shape index (κ3) is 1.83. The number of aromatic nitrogens is 5. The maximum atomic E-state index is 5.74. The molecule has 2 aromatic rings. The van der Waals surface area contributed by atoms with Crippen LogP contribution < -0.4 is 0 Å². The molecule has 78 valence electrons. The van der Waals surface area contributed by atoms with Crippen molar-refractivity contribution in [3.63, 3.8) is 0 Å². The van der Waals surface area contributed by atoms with E-state index in [-0.39, 0.29) is 5.28 Å². The summed E-state index contributed by atoms with van der Waals surface area (Å²) in [5, 5.41) is 4.45. The molecule has 0 aliphatic carbocycles. The third-order valence-electron chi connectivity index (χ3n) is 1.99. The minimum atomic E-state index is 0.211. The van der Waals surface area contributed by atoms with Crippen LogP contribution in [0.3, 0.4) is 0 Å². The molecule has 0 atom stereocenters. The molecule has 0 amide bonds. The highest BCUT2D eigenvalue weighted by Gasteiger charge is 2.10.